The predicted octanol–water partition coefficient (Wildman–Crippen LogP) is 6.28. The lowest BCUT2D eigenvalue weighted by atomic mass is 10.2. The van der Waals surface area contributed by atoms with Crippen LogP contribution in [0.4, 0.5) is 0 Å². The van der Waals surface area contributed by atoms with Crippen molar-refractivity contribution < 1.29 is 19.1 Å². The van der Waals surface area contributed by atoms with Crippen molar-refractivity contribution in [1.82, 2.24) is 0 Å². The Morgan fingerprint density at radius 1 is 0.840 bits per heavy atom. The highest BCUT2D eigenvalue weighted by atomic mass is 35.5. The monoisotopic (exact) mass is 420 g/mol. The van der Waals surface area contributed by atoms with Gasteiger partial charge in [-0.3, -0.25) is 9.59 Å². The van der Waals surface area contributed by atoms with E-state index in [0.717, 1.165) is 0 Å². The average molecular weight is 422 g/mol. The van der Waals surface area contributed by atoms with Gasteiger partial charge in [0.15, 0.2) is 11.5 Å². The van der Waals surface area contributed by atoms with Crippen molar-refractivity contribution in [2.24, 2.45) is 0 Å². The van der Waals surface area contributed by atoms with E-state index < -0.39 is 11.2 Å². The molecule has 0 fully saturated rings. The van der Waals surface area contributed by atoms with E-state index in [2.05, 4.69) is 0 Å². The van der Waals surface area contributed by atoms with Gasteiger partial charge >= 0.3 is 5.97 Å². The third-order valence-electron chi connectivity index (χ3n) is 3.00. The molecule has 2 rings (SSSR count). The summed E-state index contributed by atoms with van der Waals surface area (Å²) in [6.45, 7) is 0. The van der Waals surface area contributed by atoms with E-state index in [0.29, 0.717) is 27.2 Å². The molecule has 0 aliphatic carbocycles. The van der Waals surface area contributed by atoms with E-state index in [1.165, 1.54) is 12.1 Å². The minimum absolute atomic E-state index is 0.0338. The Morgan fingerprint density at radius 2 is 1.48 bits per heavy atom. The third-order valence-corrected chi connectivity index (χ3v) is 3.95. The molecule has 0 radical (unpaired) electrons. The van der Waals surface area contributed by atoms with Gasteiger partial charge in [-0.1, -0.05) is 34.8 Å². The molecule has 0 atom stereocenters. The molecule has 8 heteroatoms. The maximum atomic E-state index is 11.9. The molecule has 0 saturated carbocycles. The van der Waals surface area contributed by atoms with Crippen molar-refractivity contribution in [2.45, 2.75) is 19.3 Å². The van der Waals surface area contributed by atoms with Crippen LogP contribution in [0.2, 0.25) is 15.1 Å². The van der Waals surface area contributed by atoms with E-state index in [4.69, 9.17) is 55.9 Å². The smallest absolute Gasteiger partial charge is 0.311 e. The Bertz CT molecular complexity index is 792. The highest BCUT2D eigenvalue weighted by Crippen LogP contribution is 2.37. The maximum Gasteiger partial charge on any atom is 0.311 e. The molecule has 0 aromatic heterocycles. The third kappa shape index (κ3) is 6.40. The van der Waals surface area contributed by atoms with Crippen LogP contribution in [0, 0.1) is 0 Å². The van der Waals surface area contributed by atoms with Gasteiger partial charge in [0.1, 0.15) is 5.75 Å². The summed E-state index contributed by atoms with van der Waals surface area (Å²) < 4.78 is 11.0. The summed E-state index contributed by atoms with van der Waals surface area (Å²) in [6, 6.07) is 9.33. The SMILES string of the molecule is O=C(Cl)CCCC(=O)Oc1cc(Cl)ccc1Oc1ccc(Cl)cc1Cl. The second kappa shape index (κ2) is 9.30. The summed E-state index contributed by atoms with van der Waals surface area (Å²) in [7, 11) is 0. The van der Waals surface area contributed by atoms with Crippen LogP contribution in [0.5, 0.6) is 17.2 Å². The van der Waals surface area contributed by atoms with E-state index in [1.54, 1.807) is 24.3 Å². The molecule has 132 valence electrons. The number of rotatable bonds is 7. The number of hydrogen-bond acceptors (Lipinski definition) is 4. The normalized spacial score (nSPS) is 10.4. The van der Waals surface area contributed by atoms with Crippen molar-refractivity contribution in [3.05, 3.63) is 51.5 Å². The number of carbonyl (C=O) groups excluding carboxylic acids is 2. The van der Waals surface area contributed by atoms with Gasteiger partial charge in [0, 0.05) is 29.0 Å². The molecule has 0 N–H and O–H groups in total. The lowest BCUT2D eigenvalue weighted by molar-refractivity contribution is -0.134. The maximum absolute atomic E-state index is 11.9. The molecule has 4 nitrogen and oxygen atoms in total. The van der Waals surface area contributed by atoms with Crippen LogP contribution in [0.15, 0.2) is 36.4 Å². The van der Waals surface area contributed by atoms with Gasteiger partial charge in [0.05, 0.1) is 5.02 Å². The number of halogens is 4. The summed E-state index contributed by atoms with van der Waals surface area (Å²) in [4.78, 5) is 22.6. The second-order valence-corrected chi connectivity index (χ2v) is 6.65. The average Bonchev–Trinajstić information content (AvgIpc) is 2.52. The van der Waals surface area contributed by atoms with Crippen LogP contribution in [-0.4, -0.2) is 11.2 Å². The fraction of sp³-hybridized carbons (Fsp3) is 0.176. The van der Waals surface area contributed by atoms with E-state index in [9.17, 15) is 9.59 Å². The first-order valence-electron chi connectivity index (χ1n) is 7.16. The second-order valence-electron chi connectivity index (χ2n) is 4.95. The molecular formula is C17H12Cl4O4. The Kier molecular flexibility index (Phi) is 7.38. The molecule has 0 saturated heterocycles. The molecule has 0 bridgehead atoms. The minimum Gasteiger partial charge on any atom is -0.452 e. The van der Waals surface area contributed by atoms with Crippen LogP contribution >= 0.6 is 46.4 Å². The zero-order chi connectivity index (χ0) is 18.4. The number of esters is 1. The summed E-state index contributed by atoms with van der Waals surface area (Å²) >= 11 is 23.1. The Labute approximate surface area is 164 Å². The number of hydrogen-bond donors (Lipinski definition) is 0. The van der Waals surface area contributed by atoms with Crippen molar-refractivity contribution >= 4 is 57.6 Å². The van der Waals surface area contributed by atoms with Crippen LogP contribution < -0.4 is 9.47 Å². The van der Waals surface area contributed by atoms with Crippen LogP contribution in [0.1, 0.15) is 19.3 Å². The van der Waals surface area contributed by atoms with Crippen molar-refractivity contribution in [1.29, 1.82) is 0 Å². The Morgan fingerprint density at radius 3 is 2.12 bits per heavy atom. The molecule has 0 aliphatic heterocycles. The van der Waals surface area contributed by atoms with Gasteiger partial charge < -0.3 is 9.47 Å². The van der Waals surface area contributed by atoms with Crippen molar-refractivity contribution in [3.8, 4) is 17.2 Å². The van der Waals surface area contributed by atoms with Gasteiger partial charge in [-0.2, -0.15) is 0 Å². The standard InChI is InChI=1S/C17H12Cl4O4/c18-10-4-6-13(12(20)8-10)24-14-7-5-11(19)9-15(14)25-17(23)3-1-2-16(21)22/h4-9H,1-3H2. The van der Waals surface area contributed by atoms with Gasteiger partial charge in [-0.25, -0.2) is 0 Å². The predicted molar refractivity (Wildman–Crippen MR) is 98.3 cm³/mol. The van der Waals surface area contributed by atoms with Crippen LogP contribution in [0.3, 0.4) is 0 Å². The lowest BCUT2D eigenvalue weighted by Gasteiger charge is -2.13. The molecule has 25 heavy (non-hydrogen) atoms. The fourth-order valence-electron chi connectivity index (χ4n) is 1.87. The summed E-state index contributed by atoms with van der Waals surface area (Å²) in [6.07, 6.45) is 0.420. The van der Waals surface area contributed by atoms with Gasteiger partial charge in [-0.15, -0.1) is 0 Å². The van der Waals surface area contributed by atoms with Gasteiger partial charge in [0.25, 0.3) is 0 Å². The highest BCUT2D eigenvalue weighted by molar-refractivity contribution is 6.63. The van der Waals surface area contributed by atoms with Gasteiger partial charge in [-0.05, 0) is 48.4 Å². The first-order valence-corrected chi connectivity index (χ1v) is 8.68. The quantitative estimate of drug-likeness (QED) is 0.300. The molecule has 2 aromatic rings. The molecule has 0 spiro atoms. The molecule has 2 aromatic carbocycles. The van der Waals surface area contributed by atoms with Crippen LogP contribution in [0.25, 0.3) is 0 Å². The van der Waals surface area contributed by atoms with E-state index in [1.807, 2.05) is 0 Å². The Hall–Kier alpha value is -1.46. The first kappa shape index (κ1) is 19.9. The number of benzene rings is 2. The fourth-order valence-corrected chi connectivity index (χ4v) is 2.61. The lowest BCUT2D eigenvalue weighted by Crippen LogP contribution is -2.09. The van der Waals surface area contributed by atoms with E-state index in [-0.39, 0.29) is 24.3 Å². The molecule has 0 unspecified atom stereocenters. The topological polar surface area (TPSA) is 52.6 Å². The largest absolute Gasteiger partial charge is 0.452 e. The summed E-state index contributed by atoms with van der Waals surface area (Å²) in [5.41, 5.74) is 0. The Balaban J connectivity index is 2.14. The molecule has 0 amide bonds. The molecule has 0 heterocycles. The number of carbonyl (C=O) groups is 2. The van der Waals surface area contributed by atoms with E-state index >= 15 is 0 Å². The number of ether oxygens (including phenoxy) is 2. The molecule has 0 aliphatic rings. The van der Waals surface area contributed by atoms with Crippen molar-refractivity contribution in [3.63, 3.8) is 0 Å². The first-order chi connectivity index (χ1) is 11.8. The van der Waals surface area contributed by atoms with Crippen molar-refractivity contribution in [2.75, 3.05) is 0 Å². The zero-order valence-corrected chi connectivity index (χ0v) is 15.8. The summed E-state index contributed by atoms with van der Waals surface area (Å²) in [5, 5.41) is 0.638. The van der Waals surface area contributed by atoms with Gasteiger partial charge in [0.2, 0.25) is 5.24 Å². The zero-order valence-electron chi connectivity index (χ0n) is 12.7. The molecular weight excluding hydrogens is 410 g/mol. The highest BCUT2D eigenvalue weighted by Gasteiger charge is 2.14. The summed E-state index contributed by atoms with van der Waals surface area (Å²) in [5.74, 6) is 0.210. The van der Waals surface area contributed by atoms with Crippen LogP contribution in [-0.2, 0) is 9.59 Å². The minimum atomic E-state index is -0.535.